The van der Waals surface area contributed by atoms with Crippen LogP contribution in [0.2, 0.25) is 5.71 Å². The minimum atomic E-state index is -2.44. The van der Waals surface area contributed by atoms with E-state index in [1.54, 1.807) is 0 Å². The molecule has 0 amide bonds. The van der Waals surface area contributed by atoms with Gasteiger partial charge in [-0.05, 0) is 0 Å². The van der Waals surface area contributed by atoms with E-state index in [1.807, 2.05) is 0 Å². The molecule has 0 bridgehead atoms. The van der Waals surface area contributed by atoms with Crippen molar-refractivity contribution >= 4 is 14.9 Å². The molecule has 0 aromatic heterocycles. The van der Waals surface area contributed by atoms with Gasteiger partial charge in [-0.25, -0.2) is 0 Å². The molecule has 0 spiro atoms. The van der Waals surface area contributed by atoms with Crippen LogP contribution < -0.4 is 0 Å². The zero-order valence-electron chi connectivity index (χ0n) is 2.30. The van der Waals surface area contributed by atoms with Gasteiger partial charge >= 0.3 is 28.5 Å². The van der Waals surface area contributed by atoms with Gasteiger partial charge in [0.25, 0.3) is 0 Å². The van der Waals surface area contributed by atoms with Crippen molar-refractivity contribution in [3.8, 4) is 0 Å². The molecule has 0 aliphatic carbocycles. The SMILES string of the molecule is C[As](=O)O. The molecule has 1 N–H and O–H groups in total. The summed E-state index contributed by atoms with van der Waals surface area (Å²) in [6.07, 6.45) is 0. The van der Waals surface area contributed by atoms with E-state index in [9.17, 15) is 3.74 Å². The van der Waals surface area contributed by atoms with E-state index in [4.69, 9.17) is 4.10 Å². The van der Waals surface area contributed by atoms with Crippen LogP contribution in [0.1, 0.15) is 0 Å². The van der Waals surface area contributed by atoms with Crippen molar-refractivity contribution in [2.45, 2.75) is 5.71 Å². The first-order valence-corrected chi connectivity index (χ1v) is 4.31. The van der Waals surface area contributed by atoms with E-state index in [-0.39, 0.29) is 0 Å². The standard InChI is InChI=1S/CH4AsO2/c1-2(3)4/h1H3,(H,3,4). The van der Waals surface area contributed by atoms with Crippen molar-refractivity contribution < 1.29 is 7.84 Å². The average molecular weight is 123 g/mol. The average Bonchev–Trinajstić information content (AvgIpc) is 0.811. The van der Waals surface area contributed by atoms with Crippen molar-refractivity contribution in [3.63, 3.8) is 0 Å². The fourth-order valence-corrected chi connectivity index (χ4v) is 0. The molecule has 1 unspecified atom stereocenters. The molecule has 0 aliphatic rings. The Kier molecular flexibility index (Phi) is 1.75. The van der Waals surface area contributed by atoms with Crippen LogP contribution in [-0.4, -0.2) is 19.0 Å². The zero-order chi connectivity index (χ0) is 3.58. The summed E-state index contributed by atoms with van der Waals surface area (Å²) in [6, 6.07) is 0. The Morgan fingerprint density at radius 1 is 2.00 bits per heavy atom. The molecule has 1 radical (unpaired) electrons. The van der Waals surface area contributed by atoms with Crippen LogP contribution in [0, 0.1) is 0 Å². The number of rotatable bonds is 0. The van der Waals surface area contributed by atoms with Gasteiger partial charge in [0, 0.05) is 0 Å². The molecule has 0 saturated carbocycles. The van der Waals surface area contributed by atoms with E-state index in [0.29, 0.717) is 0 Å². The van der Waals surface area contributed by atoms with Crippen molar-refractivity contribution in [1.82, 2.24) is 0 Å². The van der Waals surface area contributed by atoms with E-state index >= 15 is 0 Å². The Balaban J connectivity index is 2.80. The Bertz CT molecular complexity index is 29.0. The zero-order valence-corrected chi connectivity index (χ0v) is 4.18. The molecule has 1 atom stereocenters. The maximum atomic E-state index is 9.23. The van der Waals surface area contributed by atoms with Crippen LogP contribution in [0.3, 0.4) is 0 Å². The van der Waals surface area contributed by atoms with Crippen LogP contribution in [0.4, 0.5) is 0 Å². The first kappa shape index (κ1) is 4.32. The quantitative estimate of drug-likeness (QED) is 0.442. The van der Waals surface area contributed by atoms with Gasteiger partial charge in [0.05, 0.1) is 0 Å². The first-order chi connectivity index (χ1) is 1.73. The molecule has 0 aliphatic heterocycles. The molecule has 2 nitrogen and oxygen atoms in total. The van der Waals surface area contributed by atoms with Crippen molar-refractivity contribution in [2.24, 2.45) is 0 Å². The third-order valence-electron chi connectivity index (χ3n) is 0. The molecular formula is CH4AsO2. The Hall–Kier alpha value is 0.318. The number of hydrogen-bond acceptors (Lipinski definition) is 1. The van der Waals surface area contributed by atoms with Gasteiger partial charge in [-0.15, -0.1) is 0 Å². The topological polar surface area (TPSA) is 37.3 Å². The Morgan fingerprint density at radius 2 is 2.00 bits per heavy atom. The van der Waals surface area contributed by atoms with Gasteiger partial charge in [0.15, 0.2) is 0 Å². The molecule has 0 aromatic carbocycles. The van der Waals surface area contributed by atoms with Gasteiger partial charge in [-0.3, -0.25) is 0 Å². The summed E-state index contributed by atoms with van der Waals surface area (Å²) in [5, 5.41) is 0. The van der Waals surface area contributed by atoms with E-state index in [1.165, 1.54) is 5.71 Å². The second-order valence-corrected chi connectivity index (χ2v) is 2.41. The second-order valence-electron chi connectivity index (χ2n) is 0.464. The van der Waals surface area contributed by atoms with Crippen molar-refractivity contribution in [3.05, 3.63) is 0 Å². The van der Waals surface area contributed by atoms with Gasteiger partial charge in [0.1, 0.15) is 0 Å². The summed E-state index contributed by atoms with van der Waals surface area (Å²) in [7, 11) is 0. The Labute approximate surface area is 29.3 Å². The predicted molar refractivity (Wildman–Crippen MR) is 14.5 cm³/mol. The fraction of sp³-hybridized carbons (Fsp3) is 1.00. The first-order valence-electron chi connectivity index (χ1n) is 0.830. The summed E-state index contributed by atoms with van der Waals surface area (Å²) in [5.41, 5.74) is 1.31. The molecule has 0 aromatic rings. The molecule has 0 saturated heterocycles. The molecular weight excluding hydrogens is 119 g/mol. The van der Waals surface area contributed by atoms with Crippen molar-refractivity contribution in [2.75, 3.05) is 0 Å². The van der Waals surface area contributed by atoms with E-state index in [2.05, 4.69) is 0 Å². The van der Waals surface area contributed by atoms with Crippen LogP contribution in [0.15, 0.2) is 0 Å². The molecule has 0 heterocycles. The molecule has 25 valence electrons. The third kappa shape index (κ3) is 39.7. The Morgan fingerprint density at radius 3 is 2.00 bits per heavy atom. The van der Waals surface area contributed by atoms with Crippen LogP contribution in [0.5, 0.6) is 0 Å². The van der Waals surface area contributed by atoms with Crippen LogP contribution in [0.25, 0.3) is 0 Å². The minimum absolute atomic E-state index is 1.31. The van der Waals surface area contributed by atoms with Crippen LogP contribution in [-0.2, 0) is 3.74 Å². The van der Waals surface area contributed by atoms with E-state index in [0.717, 1.165) is 0 Å². The van der Waals surface area contributed by atoms with Gasteiger partial charge in [-0.1, -0.05) is 0 Å². The fourth-order valence-electron chi connectivity index (χ4n) is 0. The number of hydrogen-bond donors (Lipinski definition) is 1. The maximum absolute atomic E-state index is 9.23. The van der Waals surface area contributed by atoms with Crippen LogP contribution >= 0.6 is 0 Å². The van der Waals surface area contributed by atoms with Gasteiger partial charge in [-0.2, -0.15) is 0 Å². The predicted octanol–water partition coefficient (Wildman–Crippen LogP) is -0.473. The molecule has 4 heavy (non-hydrogen) atoms. The van der Waals surface area contributed by atoms with Gasteiger partial charge in [0.2, 0.25) is 0 Å². The van der Waals surface area contributed by atoms with Crippen molar-refractivity contribution in [1.29, 1.82) is 0 Å². The monoisotopic (exact) mass is 123 g/mol. The molecule has 0 fully saturated rings. The summed E-state index contributed by atoms with van der Waals surface area (Å²) >= 11 is -2.44. The van der Waals surface area contributed by atoms with E-state index < -0.39 is 14.9 Å². The summed E-state index contributed by atoms with van der Waals surface area (Å²) in [5.74, 6) is 0. The normalized spacial score (nSPS) is 11.0. The molecule has 0 rings (SSSR count). The van der Waals surface area contributed by atoms with Gasteiger partial charge < -0.3 is 0 Å². The summed E-state index contributed by atoms with van der Waals surface area (Å²) in [6.45, 7) is 0. The second kappa shape index (κ2) is 1.62. The summed E-state index contributed by atoms with van der Waals surface area (Å²) in [4.78, 5) is 0. The summed E-state index contributed by atoms with van der Waals surface area (Å²) < 4.78 is 16.9. The third-order valence-corrected chi connectivity index (χ3v) is 0. The molecule has 3 heteroatoms.